The summed E-state index contributed by atoms with van der Waals surface area (Å²) in [5, 5.41) is 22.3. The zero-order valence-electron chi connectivity index (χ0n) is 13.4. The van der Waals surface area contributed by atoms with Crippen molar-refractivity contribution < 1.29 is 9.50 Å². The van der Waals surface area contributed by atoms with Crippen molar-refractivity contribution in [3.05, 3.63) is 59.4 Å². The lowest BCUT2D eigenvalue weighted by molar-refractivity contribution is 0.145. The number of nitriles is 1. The molecule has 0 bridgehead atoms. The molecule has 3 rings (SSSR count). The summed E-state index contributed by atoms with van der Waals surface area (Å²) in [7, 11) is 0. The van der Waals surface area contributed by atoms with E-state index in [1.165, 1.54) is 12.1 Å². The largest absolute Gasteiger partial charge is 0.393 e. The number of aliphatic hydroxyl groups is 1. The Morgan fingerprint density at radius 3 is 2.71 bits per heavy atom. The predicted molar refractivity (Wildman–Crippen MR) is 92.3 cm³/mol. The molecule has 124 valence electrons. The summed E-state index contributed by atoms with van der Waals surface area (Å²) in [6.07, 6.45) is 1.22. The third-order valence-electron chi connectivity index (χ3n) is 4.31. The van der Waals surface area contributed by atoms with Crippen LogP contribution < -0.4 is 10.2 Å². The standard InChI is InChI=1S/C19H20FN3O/c20-16-3-1-2-14(10-16)13-22-17-4-5-19(15(11-17)12-21)23-8-6-18(24)7-9-23/h1-5,10-11,18,22,24H,6-9,13H2. The predicted octanol–water partition coefficient (Wildman–Crippen LogP) is 3.27. The number of anilines is 2. The van der Waals surface area contributed by atoms with Crippen molar-refractivity contribution in [2.45, 2.75) is 25.5 Å². The molecule has 5 heteroatoms. The van der Waals surface area contributed by atoms with Crippen LogP contribution in [0.3, 0.4) is 0 Å². The molecule has 24 heavy (non-hydrogen) atoms. The van der Waals surface area contributed by atoms with Gasteiger partial charge in [-0.25, -0.2) is 4.39 Å². The van der Waals surface area contributed by atoms with Gasteiger partial charge in [0.2, 0.25) is 0 Å². The van der Waals surface area contributed by atoms with Crippen molar-refractivity contribution >= 4 is 11.4 Å². The molecule has 1 aliphatic heterocycles. The number of halogens is 1. The molecule has 2 aromatic carbocycles. The molecule has 0 unspecified atom stereocenters. The molecule has 0 aromatic heterocycles. The Bertz CT molecular complexity index is 749. The molecular weight excluding hydrogens is 305 g/mol. The molecule has 0 amide bonds. The van der Waals surface area contributed by atoms with Gasteiger partial charge in [-0.05, 0) is 48.7 Å². The van der Waals surface area contributed by atoms with Gasteiger partial charge in [-0.1, -0.05) is 12.1 Å². The van der Waals surface area contributed by atoms with Crippen LogP contribution in [0.2, 0.25) is 0 Å². The quantitative estimate of drug-likeness (QED) is 0.906. The average Bonchev–Trinajstić information content (AvgIpc) is 2.60. The molecule has 0 radical (unpaired) electrons. The van der Waals surface area contributed by atoms with Gasteiger partial charge in [0.05, 0.1) is 17.4 Å². The minimum atomic E-state index is -0.255. The van der Waals surface area contributed by atoms with Crippen LogP contribution in [-0.2, 0) is 6.54 Å². The Morgan fingerprint density at radius 2 is 2.00 bits per heavy atom. The third kappa shape index (κ3) is 3.84. The fraction of sp³-hybridized carbons (Fsp3) is 0.316. The molecule has 4 nitrogen and oxygen atoms in total. The van der Waals surface area contributed by atoms with E-state index in [1.54, 1.807) is 6.07 Å². The van der Waals surface area contributed by atoms with E-state index < -0.39 is 0 Å². The molecule has 0 atom stereocenters. The van der Waals surface area contributed by atoms with E-state index in [4.69, 9.17) is 0 Å². The van der Waals surface area contributed by atoms with Crippen LogP contribution in [0.15, 0.2) is 42.5 Å². The summed E-state index contributed by atoms with van der Waals surface area (Å²) < 4.78 is 13.2. The van der Waals surface area contributed by atoms with Crippen molar-refractivity contribution in [2.75, 3.05) is 23.3 Å². The molecule has 0 aliphatic carbocycles. The summed E-state index contributed by atoms with van der Waals surface area (Å²) in [5.41, 5.74) is 3.19. The van der Waals surface area contributed by atoms with Gasteiger partial charge in [-0.15, -0.1) is 0 Å². The van der Waals surface area contributed by atoms with E-state index in [1.807, 2.05) is 24.3 Å². The Labute approximate surface area is 141 Å². The lowest BCUT2D eigenvalue weighted by Crippen LogP contribution is -2.36. The number of hydrogen-bond acceptors (Lipinski definition) is 4. The zero-order valence-corrected chi connectivity index (χ0v) is 13.4. The van der Waals surface area contributed by atoms with E-state index in [9.17, 15) is 14.8 Å². The van der Waals surface area contributed by atoms with Crippen molar-refractivity contribution in [1.82, 2.24) is 0 Å². The van der Waals surface area contributed by atoms with Crippen molar-refractivity contribution in [1.29, 1.82) is 5.26 Å². The first-order chi connectivity index (χ1) is 11.7. The summed E-state index contributed by atoms with van der Waals surface area (Å²) >= 11 is 0. The fourth-order valence-corrected chi connectivity index (χ4v) is 2.97. The average molecular weight is 325 g/mol. The smallest absolute Gasteiger partial charge is 0.123 e. The second kappa shape index (κ2) is 7.33. The van der Waals surface area contributed by atoms with Crippen molar-refractivity contribution in [3.8, 4) is 6.07 Å². The van der Waals surface area contributed by atoms with Crippen LogP contribution in [0.4, 0.5) is 15.8 Å². The second-order valence-corrected chi connectivity index (χ2v) is 6.05. The Kier molecular flexibility index (Phi) is 4.97. The van der Waals surface area contributed by atoms with Gasteiger partial charge in [-0.2, -0.15) is 5.26 Å². The normalized spacial score (nSPS) is 15.1. The Morgan fingerprint density at radius 1 is 1.21 bits per heavy atom. The van der Waals surface area contributed by atoms with Gasteiger partial charge in [0.1, 0.15) is 11.9 Å². The summed E-state index contributed by atoms with van der Waals surface area (Å²) in [5.74, 6) is -0.255. The molecule has 2 N–H and O–H groups in total. The first-order valence-electron chi connectivity index (χ1n) is 8.11. The Balaban J connectivity index is 1.71. The first kappa shape index (κ1) is 16.3. The van der Waals surface area contributed by atoms with E-state index in [-0.39, 0.29) is 11.9 Å². The molecule has 1 saturated heterocycles. The van der Waals surface area contributed by atoms with E-state index in [0.717, 1.165) is 42.9 Å². The molecule has 0 saturated carbocycles. The maximum absolute atomic E-state index is 13.2. The highest BCUT2D eigenvalue weighted by Gasteiger charge is 2.19. The van der Waals surface area contributed by atoms with Gasteiger partial charge in [0.25, 0.3) is 0 Å². The first-order valence-corrected chi connectivity index (χ1v) is 8.11. The minimum absolute atomic E-state index is 0.237. The van der Waals surface area contributed by atoms with E-state index in [0.29, 0.717) is 12.1 Å². The lowest BCUT2D eigenvalue weighted by Gasteiger charge is -2.32. The molecule has 1 fully saturated rings. The van der Waals surface area contributed by atoms with Gasteiger partial charge in [0, 0.05) is 25.3 Å². The number of aliphatic hydroxyl groups excluding tert-OH is 1. The van der Waals surface area contributed by atoms with Crippen LogP contribution in [0.1, 0.15) is 24.0 Å². The number of nitrogens with one attached hydrogen (secondary N) is 1. The fourth-order valence-electron chi connectivity index (χ4n) is 2.97. The number of nitrogens with zero attached hydrogens (tertiary/aromatic N) is 2. The van der Waals surface area contributed by atoms with Gasteiger partial charge >= 0.3 is 0 Å². The van der Waals surface area contributed by atoms with Crippen LogP contribution in [-0.4, -0.2) is 24.3 Å². The zero-order chi connectivity index (χ0) is 16.9. The highest BCUT2D eigenvalue weighted by Crippen LogP contribution is 2.27. The molecule has 0 spiro atoms. The van der Waals surface area contributed by atoms with Crippen molar-refractivity contribution in [2.24, 2.45) is 0 Å². The summed E-state index contributed by atoms with van der Waals surface area (Å²) in [4.78, 5) is 2.14. The lowest BCUT2D eigenvalue weighted by atomic mass is 10.0. The van der Waals surface area contributed by atoms with Crippen molar-refractivity contribution in [3.63, 3.8) is 0 Å². The van der Waals surface area contributed by atoms with E-state index in [2.05, 4.69) is 16.3 Å². The number of hydrogen-bond donors (Lipinski definition) is 2. The van der Waals surface area contributed by atoms with Gasteiger partial charge < -0.3 is 15.3 Å². The monoisotopic (exact) mass is 325 g/mol. The third-order valence-corrected chi connectivity index (χ3v) is 4.31. The molecule has 1 heterocycles. The SMILES string of the molecule is N#Cc1cc(NCc2cccc(F)c2)ccc1N1CCC(O)CC1. The topological polar surface area (TPSA) is 59.3 Å². The second-order valence-electron chi connectivity index (χ2n) is 6.05. The summed E-state index contributed by atoms with van der Waals surface area (Å²) in [6, 6.07) is 14.4. The van der Waals surface area contributed by atoms with Gasteiger partial charge in [-0.3, -0.25) is 0 Å². The van der Waals surface area contributed by atoms with Crippen LogP contribution >= 0.6 is 0 Å². The molecular formula is C19H20FN3O. The molecule has 2 aromatic rings. The number of rotatable bonds is 4. The minimum Gasteiger partial charge on any atom is -0.393 e. The summed E-state index contributed by atoms with van der Waals surface area (Å²) in [6.45, 7) is 2.01. The maximum Gasteiger partial charge on any atom is 0.123 e. The molecule has 1 aliphatic rings. The number of piperidine rings is 1. The van der Waals surface area contributed by atoms with Crippen LogP contribution in [0.5, 0.6) is 0 Å². The van der Waals surface area contributed by atoms with Crippen LogP contribution in [0.25, 0.3) is 0 Å². The van der Waals surface area contributed by atoms with E-state index >= 15 is 0 Å². The highest BCUT2D eigenvalue weighted by atomic mass is 19.1. The highest BCUT2D eigenvalue weighted by molar-refractivity contribution is 5.65. The van der Waals surface area contributed by atoms with Crippen LogP contribution in [0, 0.1) is 17.1 Å². The Hall–Kier alpha value is -2.58. The van der Waals surface area contributed by atoms with Gasteiger partial charge in [0.15, 0.2) is 0 Å². The number of benzene rings is 2. The maximum atomic E-state index is 13.2.